The van der Waals surface area contributed by atoms with Crippen molar-refractivity contribution in [2.75, 3.05) is 18.4 Å². The van der Waals surface area contributed by atoms with E-state index < -0.39 is 0 Å². The van der Waals surface area contributed by atoms with Gasteiger partial charge in [-0.3, -0.25) is 9.59 Å². The van der Waals surface area contributed by atoms with Crippen LogP contribution in [-0.4, -0.2) is 29.8 Å². The van der Waals surface area contributed by atoms with E-state index in [-0.39, 0.29) is 18.0 Å². The van der Waals surface area contributed by atoms with Crippen molar-refractivity contribution in [1.29, 1.82) is 0 Å². The molecule has 2 N–H and O–H groups in total. The van der Waals surface area contributed by atoms with E-state index in [1.54, 1.807) is 0 Å². The lowest BCUT2D eigenvalue weighted by molar-refractivity contribution is 0.0743. The molecule has 1 aliphatic rings. The summed E-state index contributed by atoms with van der Waals surface area (Å²) in [7, 11) is 0. The van der Waals surface area contributed by atoms with Gasteiger partial charge >= 0.3 is 0 Å². The predicted octanol–water partition coefficient (Wildman–Crippen LogP) is 4.44. The maximum atomic E-state index is 12.7. The molecule has 3 rings (SSSR count). The van der Waals surface area contributed by atoms with Crippen LogP contribution >= 0.6 is 0 Å². The summed E-state index contributed by atoms with van der Waals surface area (Å²) in [5.74, 6) is 0.576. The van der Waals surface area contributed by atoms with Gasteiger partial charge in [0.2, 0.25) is 0 Å². The Labute approximate surface area is 167 Å². The molecule has 0 bridgehead atoms. The number of fused-ring (bicyclic) bond motifs is 1. The standard InChI is InChI=1S/C23H29N3O2/c1-4-15-26-21(19-7-5-6-8-20(19)23(26)28)25-18-11-9-17(10-12-18)22(27)24-14-13-16(2)3/h5-12,16,21,25H,4,13-15H2,1-3H3,(H,24,27). The molecule has 2 aromatic rings. The average Bonchev–Trinajstić information content (AvgIpc) is 2.95. The van der Waals surface area contributed by atoms with Crippen molar-refractivity contribution in [1.82, 2.24) is 10.2 Å². The van der Waals surface area contributed by atoms with Crippen LogP contribution in [0.5, 0.6) is 0 Å². The van der Waals surface area contributed by atoms with Crippen molar-refractivity contribution in [2.45, 2.75) is 39.8 Å². The average molecular weight is 380 g/mol. The first-order valence-corrected chi connectivity index (χ1v) is 10.1. The smallest absolute Gasteiger partial charge is 0.256 e. The highest BCUT2D eigenvalue weighted by molar-refractivity contribution is 5.99. The van der Waals surface area contributed by atoms with Gasteiger partial charge in [-0.05, 0) is 49.1 Å². The van der Waals surface area contributed by atoms with Gasteiger partial charge in [0, 0.05) is 35.5 Å². The summed E-state index contributed by atoms with van der Waals surface area (Å²) in [5, 5.41) is 6.41. The van der Waals surface area contributed by atoms with Gasteiger partial charge in [0.15, 0.2) is 0 Å². The largest absolute Gasteiger partial charge is 0.361 e. The Morgan fingerprint density at radius 3 is 2.50 bits per heavy atom. The second-order valence-corrected chi connectivity index (χ2v) is 7.65. The van der Waals surface area contributed by atoms with Gasteiger partial charge in [0.25, 0.3) is 11.8 Å². The van der Waals surface area contributed by atoms with Gasteiger partial charge in [-0.25, -0.2) is 0 Å². The first kappa shape index (κ1) is 19.9. The molecular formula is C23H29N3O2. The van der Waals surface area contributed by atoms with Crippen molar-refractivity contribution in [3.8, 4) is 0 Å². The molecule has 5 nitrogen and oxygen atoms in total. The lowest BCUT2D eigenvalue weighted by atomic mass is 10.1. The Kier molecular flexibility index (Phi) is 6.34. The molecule has 0 spiro atoms. The molecule has 2 aromatic carbocycles. The molecule has 0 aliphatic carbocycles. The summed E-state index contributed by atoms with van der Waals surface area (Å²) < 4.78 is 0. The number of benzene rings is 2. The van der Waals surface area contributed by atoms with Gasteiger partial charge in [0.1, 0.15) is 6.17 Å². The molecule has 1 unspecified atom stereocenters. The Morgan fingerprint density at radius 2 is 1.82 bits per heavy atom. The van der Waals surface area contributed by atoms with Crippen LogP contribution in [0.1, 0.15) is 66.1 Å². The quantitative estimate of drug-likeness (QED) is 0.713. The molecule has 1 atom stereocenters. The summed E-state index contributed by atoms with van der Waals surface area (Å²) in [6, 6.07) is 15.2. The predicted molar refractivity (Wildman–Crippen MR) is 112 cm³/mol. The van der Waals surface area contributed by atoms with Crippen LogP contribution in [0.2, 0.25) is 0 Å². The molecule has 0 saturated heterocycles. The molecule has 5 heteroatoms. The normalized spacial score (nSPS) is 15.6. The zero-order chi connectivity index (χ0) is 20.1. The summed E-state index contributed by atoms with van der Waals surface area (Å²) in [6.07, 6.45) is 1.68. The summed E-state index contributed by atoms with van der Waals surface area (Å²) in [6.45, 7) is 7.73. The number of hydrogen-bond donors (Lipinski definition) is 2. The minimum absolute atomic E-state index is 0.0544. The van der Waals surface area contributed by atoms with Gasteiger partial charge in [0.05, 0.1) is 0 Å². The van der Waals surface area contributed by atoms with E-state index in [0.717, 1.165) is 29.7 Å². The topological polar surface area (TPSA) is 61.4 Å². The number of carbonyl (C=O) groups excluding carboxylic acids is 2. The lowest BCUT2D eigenvalue weighted by Crippen LogP contribution is -2.33. The second-order valence-electron chi connectivity index (χ2n) is 7.65. The van der Waals surface area contributed by atoms with E-state index in [1.807, 2.05) is 53.4 Å². The first-order chi connectivity index (χ1) is 13.5. The highest BCUT2D eigenvalue weighted by Gasteiger charge is 2.35. The molecule has 0 radical (unpaired) electrons. The SMILES string of the molecule is CCCN1C(=O)c2ccccc2C1Nc1ccc(C(=O)NCCC(C)C)cc1. The third-order valence-electron chi connectivity index (χ3n) is 4.98. The van der Waals surface area contributed by atoms with Crippen molar-refractivity contribution in [3.63, 3.8) is 0 Å². The van der Waals surface area contributed by atoms with E-state index in [9.17, 15) is 9.59 Å². The number of amides is 2. The Bertz CT molecular complexity index is 830. The number of hydrogen-bond acceptors (Lipinski definition) is 3. The van der Waals surface area contributed by atoms with E-state index in [1.165, 1.54) is 0 Å². The third-order valence-corrected chi connectivity index (χ3v) is 4.98. The fourth-order valence-electron chi connectivity index (χ4n) is 3.45. The molecule has 2 amide bonds. The Balaban J connectivity index is 1.70. The van der Waals surface area contributed by atoms with E-state index in [0.29, 0.717) is 24.6 Å². The molecule has 0 saturated carbocycles. The van der Waals surface area contributed by atoms with E-state index >= 15 is 0 Å². The van der Waals surface area contributed by atoms with Crippen LogP contribution in [0, 0.1) is 5.92 Å². The second kappa shape index (κ2) is 8.91. The minimum atomic E-state index is -0.186. The fraction of sp³-hybridized carbons (Fsp3) is 0.391. The molecule has 0 aromatic heterocycles. The van der Waals surface area contributed by atoms with Crippen LogP contribution in [0.4, 0.5) is 5.69 Å². The monoisotopic (exact) mass is 379 g/mol. The molecule has 1 aliphatic heterocycles. The zero-order valence-electron chi connectivity index (χ0n) is 16.9. The Morgan fingerprint density at radius 1 is 1.11 bits per heavy atom. The van der Waals surface area contributed by atoms with Crippen molar-refractivity contribution in [2.24, 2.45) is 5.92 Å². The van der Waals surface area contributed by atoms with Crippen LogP contribution in [-0.2, 0) is 0 Å². The van der Waals surface area contributed by atoms with Crippen LogP contribution in [0.3, 0.4) is 0 Å². The Hall–Kier alpha value is -2.82. The molecule has 0 fully saturated rings. The summed E-state index contributed by atoms with van der Waals surface area (Å²) in [4.78, 5) is 26.8. The molecule has 1 heterocycles. The van der Waals surface area contributed by atoms with Gasteiger partial charge in [-0.15, -0.1) is 0 Å². The van der Waals surface area contributed by atoms with Crippen LogP contribution in [0.25, 0.3) is 0 Å². The number of anilines is 1. The number of carbonyl (C=O) groups is 2. The molecule has 148 valence electrons. The van der Waals surface area contributed by atoms with Crippen molar-refractivity contribution >= 4 is 17.5 Å². The maximum absolute atomic E-state index is 12.7. The van der Waals surface area contributed by atoms with Crippen molar-refractivity contribution in [3.05, 3.63) is 65.2 Å². The summed E-state index contributed by atoms with van der Waals surface area (Å²) in [5.41, 5.74) is 3.28. The number of nitrogens with zero attached hydrogens (tertiary/aromatic N) is 1. The van der Waals surface area contributed by atoms with Gasteiger partial charge < -0.3 is 15.5 Å². The van der Waals surface area contributed by atoms with Crippen molar-refractivity contribution < 1.29 is 9.59 Å². The third kappa shape index (κ3) is 4.35. The van der Waals surface area contributed by atoms with Crippen LogP contribution < -0.4 is 10.6 Å². The van der Waals surface area contributed by atoms with E-state index in [2.05, 4.69) is 31.4 Å². The summed E-state index contributed by atoms with van der Waals surface area (Å²) >= 11 is 0. The first-order valence-electron chi connectivity index (χ1n) is 10.1. The lowest BCUT2D eigenvalue weighted by Gasteiger charge is -2.26. The van der Waals surface area contributed by atoms with Gasteiger partial charge in [-0.2, -0.15) is 0 Å². The molecule has 28 heavy (non-hydrogen) atoms. The van der Waals surface area contributed by atoms with E-state index in [4.69, 9.17) is 0 Å². The highest BCUT2D eigenvalue weighted by atomic mass is 16.2. The zero-order valence-corrected chi connectivity index (χ0v) is 16.9. The van der Waals surface area contributed by atoms with Gasteiger partial charge in [-0.1, -0.05) is 39.0 Å². The maximum Gasteiger partial charge on any atom is 0.256 e. The number of nitrogens with one attached hydrogen (secondary N) is 2. The van der Waals surface area contributed by atoms with Crippen LogP contribution in [0.15, 0.2) is 48.5 Å². The fourth-order valence-corrected chi connectivity index (χ4v) is 3.45. The highest BCUT2D eigenvalue weighted by Crippen LogP contribution is 2.34. The molecular weight excluding hydrogens is 350 g/mol. The number of rotatable bonds is 8. The minimum Gasteiger partial charge on any atom is -0.361 e.